The van der Waals surface area contributed by atoms with Crippen LogP contribution >= 0.6 is 11.6 Å². The number of carbonyl (C=O) groups is 2. The summed E-state index contributed by atoms with van der Waals surface area (Å²) in [4.78, 5) is 22.9. The van der Waals surface area contributed by atoms with Gasteiger partial charge in [-0.3, -0.25) is 4.79 Å². The van der Waals surface area contributed by atoms with E-state index in [0.29, 0.717) is 37.3 Å². The van der Waals surface area contributed by atoms with Gasteiger partial charge in [-0.1, -0.05) is 11.6 Å². The molecule has 0 fully saturated rings. The van der Waals surface area contributed by atoms with Crippen LogP contribution in [0.2, 0.25) is 5.02 Å². The Morgan fingerprint density at radius 1 is 1.19 bits per heavy atom. The average Bonchev–Trinajstić information content (AvgIpc) is 2.42. The maximum absolute atomic E-state index is 11.8. The summed E-state index contributed by atoms with van der Waals surface area (Å²) in [5.41, 5.74) is 6.35. The average molecular weight is 314 g/mol. The lowest BCUT2D eigenvalue weighted by Crippen LogP contribution is -2.08. The summed E-state index contributed by atoms with van der Waals surface area (Å²) in [6, 6.07) is 4.65. The van der Waals surface area contributed by atoms with E-state index in [4.69, 9.17) is 26.8 Å². The first kappa shape index (κ1) is 17.3. The van der Waals surface area contributed by atoms with E-state index in [1.807, 2.05) is 0 Å². The number of halogens is 1. The molecule has 0 aliphatic rings. The minimum absolute atomic E-state index is 0.192. The van der Waals surface area contributed by atoms with Crippen LogP contribution in [0.3, 0.4) is 0 Å². The molecule has 6 heteroatoms. The number of hydrogen-bond donors (Lipinski definition) is 1. The van der Waals surface area contributed by atoms with Gasteiger partial charge in [-0.05, 0) is 44.4 Å². The van der Waals surface area contributed by atoms with Crippen LogP contribution in [-0.4, -0.2) is 25.2 Å². The minimum atomic E-state index is -0.467. The molecule has 0 unspecified atom stereocenters. The molecule has 1 rings (SSSR count). The van der Waals surface area contributed by atoms with E-state index in [-0.39, 0.29) is 11.0 Å². The lowest BCUT2D eigenvalue weighted by molar-refractivity contribution is -0.143. The van der Waals surface area contributed by atoms with Gasteiger partial charge in [0.15, 0.2) is 0 Å². The highest BCUT2D eigenvalue weighted by molar-refractivity contribution is 6.33. The highest BCUT2D eigenvalue weighted by Crippen LogP contribution is 2.20. The predicted molar refractivity (Wildman–Crippen MR) is 81.2 cm³/mol. The monoisotopic (exact) mass is 313 g/mol. The van der Waals surface area contributed by atoms with Crippen LogP contribution in [0.5, 0.6) is 0 Å². The van der Waals surface area contributed by atoms with E-state index in [1.54, 1.807) is 19.1 Å². The van der Waals surface area contributed by atoms with Crippen molar-refractivity contribution in [3.8, 4) is 0 Å². The number of esters is 2. The maximum Gasteiger partial charge on any atom is 0.339 e. The largest absolute Gasteiger partial charge is 0.466 e. The van der Waals surface area contributed by atoms with Crippen LogP contribution in [-0.2, 0) is 14.3 Å². The molecule has 1 aromatic rings. The van der Waals surface area contributed by atoms with Gasteiger partial charge in [-0.15, -0.1) is 0 Å². The Bertz CT molecular complexity index is 491. The van der Waals surface area contributed by atoms with E-state index < -0.39 is 5.97 Å². The molecule has 0 aromatic heterocycles. The van der Waals surface area contributed by atoms with Crippen molar-refractivity contribution in [2.75, 3.05) is 18.9 Å². The van der Waals surface area contributed by atoms with Gasteiger partial charge in [-0.2, -0.15) is 0 Å². The Balaban J connectivity index is 2.21. The van der Waals surface area contributed by atoms with Crippen molar-refractivity contribution in [3.05, 3.63) is 28.8 Å². The van der Waals surface area contributed by atoms with E-state index in [0.717, 1.165) is 12.8 Å². The van der Waals surface area contributed by atoms with Crippen molar-refractivity contribution < 1.29 is 19.1 Å². The molecule has 0 atom stereocenters. The molecule has 2 N–H and O–H groups in total. The maximum atomic E-state index is 11.8. The van der Waals surface area contributed by atoms with Crippen molar-refractivity contribution in [2.45, 2.75) is 32.6 Å². The summed E-state index contributed by atoms with van der Waals surface area (Å²) in [7, 11) is 0. The molecule has 0 heterocycles. The molecule has 0 spiro atoms. The van der Waals surface area contributed by atoms with Crippen LogP contribution in [0.4, 0.5) is 5.69 Å². The third kappa shape index (κ3) is 6.49. The summed E-state index contributed by atoms with van der Waals surface area (Å²) in [5, 5.41) is 0.280. The predicted octanol–water partition coefficient (Wildman–Crippen LogP) is 3.20. The Morgan fingerprint density at radius 3 is 2.62 bits per heavy atom. The lowest BCUT2D eigenvalue weighted by Gasteiger charge is -2.07. The Kier molecular flexibility index (Phi) is 7.61. The highest BCUT2D eigenvalue weighted by Gasteiger charge is 2.11. The van der Waals surface area contributed by atoms with Gasteiger partial charge in [0, 0.05) is 12.1 Å². The lowest BCUT2D eigenvalue weighted by atomic mass is 10.2. The third-order valence-corrected chi connectivity index (χ3v) is 3.09. The highest BCUT2D eigenvalue weighted by atomic mass is 35.5. The number of carbonyl (C=O) groups excluding carboxylic acids is 2. The van der Waals surface area contributed by atoms with Crippen LogP contribution in [0, 0.1) is 0 Å². The number of unbranched alkanes of at least 4 members (excludes halogenated alkanes) is 2. The zero-order chi connectivity index (χ0) is 15.7. The van der Waals surface area contributed by atoms with Crippen molar-refractivity contribution in [1.82, 2.24) is 0 Å². The molecule has 5 nitrogen and oxygen atoms in total. The second-order valence-corrected chi connectivity index (χ2v) is 4.90. The van der Waals surface area contributed by atoms with Gasteiger partial charge in [0.25, 0.3) is 0 Å². The van der Waals surface area contributed by atoms with Crippen molar-refractivity contribution in [1.29, 1.82) is 0 Å². The number of hydrogen-bond acceptors (Lipinski definition) is 5. The van der Waals surface area contributed by atoms with Gasteiger partial charge < -0.3 is 15.2 Å². The first-order valence-corrected chi connectivity index (χ1v) is 7.30. The Hall–Kier alpha value is -1.75. The quantitative estimate of drug-likeness (QED) is 0.453. The van der Waals surface area contributed by atoms with Crippen molar-refractivity contribution >= 4 is 29.2 Å². The molecular weight excluding hydrogens is 294 g/mol. The molecule has 0 amide bonds. The minimum Gasteiger partial charge on any atom is -0.466 e. The molecule has 1 aromatic carbocycles. The van der Waals surface area contributed by atoms with Gasteiger partial charge >= 0.3 is 11.9 Å². The fourth-order valence-electron chi connectivity index (χ4n) is 1.72. The van der Waals surface area contributed by atoms with Crippen LogP contribution in [0.1, 0.15) is 43.0 Å². The Labute approximate surface area is 129 Å². The molecule has 0 aliphatic heterocycles. The van der Waals surface area contributed by atoms with Gasteiger partial charge in [0.05, 0.1) is 23.8 Å². The number of nitrogen functional groups attached to an aromatic ring is 1. The van der Waals surface area contributed by atoms with E-state index in [9.17, 15) is 9.59 Å². The van der Waals surface area contributed by atoms with Gasteiger partial charge in [0.2, 0.25) is 0 Å². The number of ether oxygens (including phenoxy) is 2. The summed E-state index contributed by atoms with van der Waals surface area (Å²) in [6.07, 6.45) is 2.60. The summed E-state index contributed by atoms with van der Waals surface area (Å²) in [5.74, 6) is -0.659. The Morgan fingerprint density at radius 2 is 1.95 bits per heavy atom. The molecule has 116 valence electrons. The number of nitrogens with two attached hydrogens (primary N) is 1. The molecule has 0 saturated carbocycles. The molecule has 0 radical (unpaired) electrons. The zero-order valence-electron chi connectivity index (χ0n) is 12.1. The molecule has 0 aliphatic carbocycles. The van der Waals surface area contributed by atoms with E-state index >= 15 is 0 Å². The first-order chi connectivity index (χ1) is 10.0. The first-order valence-electron chi connectivity index (χ1n) is 6.92. The fraction of sp³-hybridized carbons (Fsp3) is 0.467. The second-order valence-electron chi connectivity index (χ2n) is 4.49. The van der Waals surface area contributed by atoms with Crippen molar-refractivity contribution in [2.24, 2.45) is 0 Å². The number of rotatable bonds is 8. The molecule has 0 saturated heterocycles. The van der Waals surface area contributed by atoms with Crippen LogP contribution in [0.15, 0.2) is 18.2 Å². The summed E-state index contributed by atoms with van der Waals surface area (Å²) in [6.45, 7) is 2.47. The molecule has 0 bridgehead atoms. The molecule has 21 heavy (non-hydrogen) atoms. The third-order valence-electron chi connectivity index (χ3n) is 2.78. The van der Waals surface area contributed by atoms with Crippen LogP contribution < -0.4 is 5.73 Å². The van der Waals surface area contributed by atoms with Crippen molar-refractivity contribution in [3.63, 3.8) is 0 Å². The fourth-order valence-corrected chi connectivity index (χ4v) is 1.99. The summed E-state index contributed by atoms with van der Waals surface area (Å²) >= 11 is 5.92. The van der Waals surface area contributed by atoms with Crippen LogP contribution in [0.25, 0.3) is 0 Å². The SMILES string of the molecule is CCOC(=O)CCCCCOC(=O)c1ccc(N)cc1Cl. The standard InChI is InChI=1S/C15H20ClNO4/c1-2-20-14(18)6-4-3-5-9-21-15(19)12-8-7-11(17)10-13(12)16/h7-8,10H,2-6,9,17H2,1H3. The zero-order valence-corrected chi connectivity index (χ0v) is 12.8. The van der Waals surface area contributed by atoms with Gasteiger partial charge in [0.1, 0.15) is 0 Å². The molecular formula is C15H20ClNO4. The van der Waals surface area contributed by atoms with Gasteiger partial charge in [-0.25, -0.2) is 4.79 Å². The smallest absolute Gasteiger partial charge is 0.339 e. The second kappa shape index (κ2) is 9.23. The van der Waals surface area contributed by atoms with E-state index in [2.05, 4.69) is 0 Å². The summed E-state index contributed by atoms with van der Waals surface area (Å²) < 4.78 is 9.94. The topological polar surface area (TPSA) is 78.6 Å². The normalized spacial score (nSPS) is 10.2. The number of anilines is 1. The van der Waals surface area contributed by atoms with E-state index in [1.165, 1.54) is 6.07 Å². The number of benzene rings is 1.